The summed E-state index contributed by atoms with van der Waals surface area (Å²) in [7, 11) is 0. The van der Waals surface area contributed by atoms with Gasteiger partial charge in [0.2, 0.25) is 0 Å². The molecule has 2 aromatic carbocycles. The van der Waals surface area contributed by atoms with Gasteiger partial charge < -0.3 is 9.47 Å². The van der Waals surface area contributed by atoms with E-state index < -0.39 is 5.97 Å². The predicted octanol–water partition coefficient (Wildman–Crippen LogP) is 3.44. The van der Waals surface area contributed by atoms with Crippen molar-refractivity contribution < 1.29 is 19.1 Å². The first-order valence-electron chi connectivity index (χ1n) is 7.04. The number of carbonyl (C=O) groups is 2. The number of carbonyl (C=O) groups excluding carboxylic acids is 2. The summed E-state index contributed by atoms with van der Waals surface area (Å²) in [6, 6.07) is 13.3. The topological polar surface area (TPSA) is 52.6 Å². The highest BCUT2D eigenvalue weighted by molar-refractivity contribution is 5.90. The fraction of sp³-hybridized carbons (Fsp3) is 0.222. The molecule has 0 aliphatic rings. The second-order valence-corrected chi connectivity index (χ2v) is 4.75. The third kappa shape index (κ3) is 4.35. The van der Waals surface area contributed by atoms with Crippen molar-refractivity contribution in [2.75, 3.05) is 0 Å². The van der Waals surface area contributed by atoms with Crippen LogP contribution in [0.15, 0.2) is 42.5 Å². The minimum absolute atomic E-state index is 0.200. The Morgan fingerprint density at radius 1 is 0.955 bits per heavy atom. The van der Waals surface area contributed by atoms with Crippen molar-refractivity contribution in [3.8, 4) is 18.3 Å². The molecule has 0 unspecified atom stereocenters. The summed E-state index contributed by atoms with van der Waals surface area (Å²) in [5, 5.41) is 1.92. The molecule has 0 atom stereocenters. The van der Waals surface area contributed by atoms with E-state index in [-0.39, 0.29) is 18.8 Å². The SMILES string of the molecule is C#COC(=O)CCCCC(=O)Oc1cccc2ccccc12. The van der Waals surface area contributed by atoms with Gasteiger partial charge in [-0.2, -0.15) is 0 Å². The van der Waals surface area contributed by atoms with E-state index in [0.29, 0.717) is 18.6 Å². The Kier molecular flexibility index (Phi) is 5.56. The number of ether oxygens (including phenoxy) is 2. The Bertz CT molecular complexity index is 707. The Hall–Kier alpha value is -2.80. The van der Waals surface area contributed by atoms with Crippen molar-refractivity contribution in [2.24, 2.45) is 0 Å². The van der Waals surface area contributed by atoms with Gasteiger partial charge in [-0.05, 0) is 24.3 Å². The average molecular weight is 296 g/mol. The van der Waals surface area contributed by atoms with Crippen molar-refractivity contribution in [3.63, 3.8) is 0 Å². The zero-order valence-electron chi connectivity index (χ0n) is 12.1. The van der Waals surface area contributed by atoms with Gasteiger partial charge in [0.05, 0.1) is 0 Å². The van der Waals surface area contributed by atoms with Gasteiger partial charge in [0, 0.05) is 18.2 Å². The molecule has 0 radical (unpaired) electrons. The van der Waals surface area contributed by atoms with Gasteiger partial charge in [0.1, 0.15) is 11.9 Å². The van der Waals surface area contributed by atoms with E-state index in [1.165, 1.54) is 0 Å². The quantitative estimate of drug-likeness (QED) is 0.354. The summed E-state index contributed by atoms with van der Waals surface area (Å²) in [5.41, 5.74) is 0. The monoisotopic (exact) mass is 296 g/mol. The van der Waals surface area contributed by atoms with Crippen molar-refractivity contribution in [1.82, 2.24) is 0 Å². The van der Waals surface area contributed by atoms with E-state index in [0.717, 1.165) is 10.8 Å². The molecule has 22 heavy (non-hydrogen) atoms. The number of fused-ring (bicyclic) bond motifs is 1. The molecule has 0 spiro atoms. The molecule has 0 aliphatic carbocycles. The van der Waals surface area contributed by atoms with Crippen molar-refractivity contribution in [3.05, 3.63) is 42.5 Å². The Morgan fingerprint density at radius 2 is 1.64 bits per heavy atom. The number of rotatable bonds is 6. The third-order valence-corrected chi connectivity index (χ3v) is 3.16. The van der Waals surface area contributed by atoms with Crippen LogP contribution in [0.5, 0.6) is 5.75 Å². The molecule has 0 aromatic heterocycles. The minimum Gasteiger partial charge on any atom is -0.426 e. The number of esters is 2. The van der Waals surface area contributed by atoms with E-state index in [1.54, 1.807) is 6.07 Å². The first-order chi connectivity index (χ1) is 10.7. The van der Waals surface area contributed by atoms with Crippen molar-refractivity contribution in [1.29, 1.82) is 0 Å². The summed E-state index contributed by atoms with van der Waals surface area (Å²) in [6.07, 6.45) is 8.19. The van der Waals surface area contributed by atoms with E-state index in [4.69, 9.17) is 11.2 Å². The molecule has 4 nitrogen and oxygen atoms in total. The lowest BCUT2D eigenvalue weighted by Gasteiger charge is -2.07. The van der Waals surface area contributed by atoms with Gasteiger partial charge in [-0.15, -0.1) is 0 Å². The molecule has 0 fully saturated rings. The minimum atomic E-state index is -0.454. The lowest BCUT2D eigenvalue weighted by Crippen LogP contribution is -2.08. The van der Waals surface area contributed by atoms with Gasteiger partial charge in [-0.3, -0.25) is 9.59 Å². The summed E-state index contributed by atoms with van der Waals surface area (Å²) in [6.45, 7) is 0. The van der Waals surface area contributed by atoms with Crippen LogP contribution in [-0.2, 0) is 14.3 Å². The number of hydrogen-bond acceptors (Lipinski definition) is 4. The van der Waals surface area contributed by atoms with Crippen LogP contribution in [0.25, 0.3) is 10.8 Å². The number of benzene rings is 2. The number of terminal acetylenes is 1. The van der Waals surface area contributed by atoms with Crippen molar-refractivity contribution in [2.45, 2.75) is 25.7 Å². The molecule has 0 heterocycles. The highest BCUT2D eigenvalue weighted by Gasteiger charge is 2.09. The van der Waals surface area contributed by atoms with Crippen LogP contribution in [0.3, 0.4) is 0 Å². The molecular weight excluding hydrogens is 280 g/mol. The van der Waals surface area contributed by atoms with Gasteiger partial charge in [0.25, 0.3) is 0 Å². The fourth-order valence-corrected chi connectivity index (χ4v) is 2.11. The van der Waals surface area contributed by atoms with E-state index in [1.807, 2.05) is 42.5 Å². The first kappa shape index (κ1) is 15.6. The van der Waals surface area contributed by atoms with E-state index in [2.05, 4.69) is 4.74 Å². The normalized spacial score (nSPS) is 9.95. The fourth-order valence-electron chi connectivity index (χ4n) is 2.11. The van der Waals surface area contributed by atoms with Crippen LogP contribution in [-0.4, -0.2) is 11.9 Å². The van der Waals surface area contributed by atoms with Crippen LogP contribution < -0.4 is 4.74 Å². The Balaban J connectivity index is 1.84. The Morgan fingerprint density at radius 3 is 2.41 bits per heavy atom. The van der Waals surface area contributed by atoms with Gasteiger partial charge in [0.15, 0.2) is 0 Å². The standard InChI is InChI=1S/C18H16O4/c1-2-21-17(19)12-5-6-13-18(20)22-16-11-7-9-14-8-3-4-10-15(14)16/h1,3-4,7-11H,5-6,12-13H2. The van der Waals surface area contributed by atoms with E-state index in [9.17, 15) is 9.59 Å². The summed E-state index contributed by atoms with van der Waals surface area (Å²) in [5.74, 6) is -0.221. The highest BCUT2D eigenvalue weighted by Crippen LogP contribution is 2.25. The summed E-state index contributed by atoms with van der Waals surface area (Å²) < 4.78 is 9.76. The Labute approximate surface area is 129 Å². The second-order valence-electron chi connectivity index (χ2n) is 4.75. The molecule has 0 amide bonds. The smallest absolute Gasteiger partial charge is 0.319 e. The molecule has 0 aliphatic heterocycles. The second kappa shape index (κ2) is 7.84. The van der Waals surface area contributed by atoms with Gasteiger partial charge >= 0.3 is 11.9 Å². The summed E-state index contributed by atoms with van der Waals surface area (Å²) in [4.78, 5) is 22.9. The zero-order chi connectivity index (χ0) is 15.8. The van der Waals surface area contributed by atoms with Crippen molar-refractivity contribution >= 4 is 22.7 Å². The lowest BCUT2D eigenvalue weighted by molar-refractivity contribution is -0.138. The number of unbranched alkanes of at least 4 members (excludes halogenated alkanes) is 1. The van der Waals surface area contributed by atoms with Crippen LogP contribution in [0, 0.1) is 12.5 Å². The molecule has 0 saturated carbocycles. The average Bonchev–Trinajstić information content (AvgIpc) is 2.52. The molecular formula is C18H16O4. The van der Waals surface area contributed by atoms with Crippen LogP contribution in [0.2, 0.25) is 0 Å². The van der Waals surface area contributed by atoms with Crippen LogP contribution in [0.4, 0.5) is 0 Å². The maximum atomic E-state index is 11.9. The van der Waals surface area contributed by atoms with Gasteiger partial charge in [-0.1, -0.05) is 42.8 Å². The van der Waals surface area contributed by atoms with E-state index >= 15 is 0 Å². The molecule has 4 heteroatoms. The van der Waals surface area contributed by atoms with Crippen LogP contribution >= 0.6 is 0 Å². The molecule has 0 bridgehead atoms. The maximum Gasteiger partial charge on any atom is 0.319 e. The molecule has 112 valence electrons. The zero-order valence-corrected chi connectivity index (χ0v) is 12.1. The molecule has 0 saturated heterocycles. The van der Waals surface area contributed by atoms with Gasteiger partial charge in [-0.25, -0.2) is 0 Å². The summed E-state index contributed by atoms with van der Waals surface area (Å²) >= 11 is 0. The third-order valence-electron chi connectivity index (χ3n) is 3.16. The highest BCUT2D eigenvalue weighted by atomic mass is 16.5. The largest absolute Gasteiger partial charge is 0.426 e. The molecule has 2 aromatic rings. The molecule has 0 N–H and O–H groups in total. The lowest BCUT2D eigenvalue weighted by atomic mass is 10.1. The molecule has 2 rings (SSSR count). The number of hydrogen-bond donors (Lipinski definition) is 0. The maximum absolute atomic E-state index is 11.9. The predicted molar refractivity (Wildman–Crippen MR) is 83.0 cm³/mol. The van der Waals surface area contributed by atoms with Crippen LogP contribution in [0.1, 0.15) is 25.7 Å². The first-order valence-corrected chi connectivity index (χ1v) is 7.04.